The molecule has 0 fully saturated rings. The molecule has 0 amide bonds. The van der Waals surface area contributed by atoms with Crippen LogP contribution in [-0.4, -0.2) is 38.7 Å². The molecule has 7 heteroatoms. The summed E-state index contributed by atoms with van der Waals surface area (Å²) in [5.74, 6) is 1.13. The molecule has 0 spiro atoms. The van der Waals surface area contributed by atoms with Gasteiger partial charge in [-0.3, -0.25) is 4.90 Å². The number of hydrogen-bond acceptors (Lipinski definition) is 7. The molecule has 1 aliphatic rings. The number of phenolic OH excluding ortho intramolecular Hbond substituents is 2. The standard InChI is InChI=1S/C19H19N3O4/c1-25-17-8-12(7-15(23)18(17)24)10-22-5-4-14-13(11-22)9-20-19(21-14)16-3-2-6-26-16/h2-3,6-9,23-24H,4-5,10-11H2,1H3. The highest BCUT2D eigenvalue weighted by Crippen LogP contribution is 2.36. The highest BCUT2D eigenvalue weighted by Gasteiger charge is 2.20. The molecule has 1 aromatic carbocycles. The summed E-state index contributed by atoms with van der Waals surface area (Å²) in [5.41, 5.74) is 2.99. The third kappa shape index (κ3) is 3.09. The number of fused-ring (bicyclic) bond motifs is 1. The van der Waals surface area contributed by atoms with Crippen molar-refractivity contribution in [2.75, 3.05) is 13.7 Å². The first-order chi connectivity index (χ1) is 12.6. The zero-order chi connectivity index (χ0) is 18.1. The summed E-state index contributed by atoms with van der Waals surface area (Å²) in [7, 11) is 1.46. The second-order valence-electron chi connectivity index (χ2n) is 6.27. The third-order valence-corrected chi connectivity index (χ3v) is 4.50. The van der Waals surface area contributed by atoms with E-state index >= 15 is 0 Å². The molecule has 3 aromatic rings. The summed E-state index contributed by atoms with van der Waals surface area (Å²) >= 11 is 0. The maximum atomic E-state index is 9.84. The Morgan fingerprint density at radius 2 is 2.19 bits per heavy atom. The van der Waals surface area contributed by atoms with Crippen molar-refractivity contribution < 1.29 is 19.4 Å². The number of phenols is 2. The first-order valence-corrected chi connectivity index (χ1v) is 8.34. The summed E-state index contributed by atoms with van der Waals surface area (Å²) in [6.45, 7) is 2.19. The maximum Gasteiger partial charge on any atom is 0.200 e. The lowest BCUT2D eigenvalue weighted by atomic mass is 10.1. The maximum absolute atomic E-state index is 9.84. The van der Waals surface area contributed by atoms with Gasteiger partial charge in [0.1, 0.15) is 0 Å². The minimum atomic E-state index is -0.237. The van der Waals surface area contributed by atoms with Crippen LogP contribution in [0.25, 0.3) is 11.6 Å². The second-order valence-corrected chi connectivity index (χ2v) is 6.27. The van der Waals surface area contributed by atoms with Gasteiger partial charge in [-0.05, 0) is 29.8 Å². The quantitative estimate of drug-likeness (QED) is 0.697. The molecule has 0 bridgehead atoms. The van der Waals surface area contributed by atoms with E-state index in [4.69, 9.17) is 9.15 Å². The molecule has 3 heterocycles. The van der Waals surface area contributed by atoms with E-state index in [2.05, 4.69) is 14.9 Å². The molecule has 0 atom stereocenters. The molecule has 26 heavy (non-hydrogen) atoms. The Hall–Kier alpha value is -3.06. The Morgan fingerprint density at radius 1 is 1.31 bits per heavy atom. The Bertz CT molecular complexity index is 925. The molecule has 7 nitrogen and oxygen atoms in total. The van der Waals surface area contributed by atoms with Crippen LogP contribution in [0.2, 0.25) is 0 Å². The van der Waals surface area contributed by atoms with E-state index in [0.717, 1.165) is 36.3 Å². The summed E-state index contributed by atoms with van der Waals surface area (Å²) < 4.78 is 10.5. The number of aromatic nitrogens is 2. The van der Waals surface area contributed by atoms with Crippen molar-refractivity contribution in [3.8, 4) is 28.8 Å². The molecule has 2 N–H and O–H groups in total. The molecule has 0 unspecified atom stereocenters. The summed E-state index contributed by atoms with van der Waals surface area (Å²) in [5, 5.41) is 19.6. The van der Waals surface area contributed by atoms with Crippen LogP contribution in [0.1, 0.15) is 16.8 Å². The molecule has 0 aliphatic carbocycles. The van der Waals surface area contributed by atoms with E-state index in [9.17, 15) is 10.2 Å². The van der Waals surface area contributed by atoms with E-state index in [1.165, 1.54) is 7.11 Å². The van der Waals surface area contributed by atoms with Crippen LogP contribution in [0, 0.1) is 0 Å². The Morgan fingerprint density at radius 3 is 2.96 bits per heavy atom. The largest absolute Gasteiger partial charge is 0.504 e. The van der Waals surface area contributed by atoms with E-state index in [-0.39, 0.29) is 17.2 Å². The number of aromatic hydroxyl groups is 2. The number of hydrogen-bond donors (Lipinski definition) is 2. The molecule has 134 valence electrons. The van der Waals surface area contributed by atoms with Gasteiger partial charge in [0.05, 0.1) is 19.1 Å². The summed E-state index contributed by atoms with van der Waals surface area (Å²) in [6.07, 6.45) is 4.27. The van der Waals surface area contributed by atoms with Gasteiger partial charge < -0.3 is 19.4 Å². The Kier molecular flexibility index (Phi) is 4.22. The van der Waals surface area contributed by atoms with Crippen molar-refractivity contribution >= 4 is 0 Å². The molecular formula is C19H19N3O4. The monoisotopic (exact) mass is 353 g/mol. The molecule has 0 radical (unpaired) electrons. The first kappa shape index (κ1) is 16.4. The van der Waals surface area contributed by atoms with Crippen molar-refractivity contribution in [1.29, 1.82) is 0 Å². The van der Waals surface area contributed by atoms with Crippen molar-refractivity contribution in [3.63, 3.8) is 0 Å². The molecule has 0 saturated heterocycles. The van der Waals surface area contributed by atoms with Gasteiger partial charge in [-0.15, -0.1) is 0 Å². The first-order valence-electron chi connectivity index (χ1n) is 8.34. The fraction of sp³-hybridized carbons (Fsp3) is 0.263. The lowest BCUT2D eigenvalue weighted by Gasteiger charge is -2.28. The average molecular weight is 353 g/mol. The van der Waals surface area contributed by atoms with Crippen LogP contribution in [0.3, 0.4) is 0 Å². The van der Waals surface area contributed by atoms with E-state index in [1.54, 1.807) is 18.4 Å². The van der Waals surface area contributed by atoms with Crippen molar-refractivity contribution in [1.82, 2.24) is 14.9 Å². The number of nitrogens with zero attached hydrogens (tertiary/aromatic N) is 3. The number of rotatable bonds is 4. The van der Waals surface area contributed by atoms with Crippen LogP contribution >= 0.6 is 0 Å². The zero-order valence-electron chi connectivity index (χ0n) is 14.3. The van der Waals surface area contributed by atoms with Gasteiger partial charge in [-0.1, -0.05) is 0 Å². The van der Waals surface area contributed by atoms with Crippen molar-refractivity contribution in [2.24, 2.45) is 0 Å². The molecule has 2 aromatic heterocycles. The van der Waals surface area contributed by atoms with E-state index in [0.29, 0.717) is 18.1 Å². The topological polar surface area (TPSA) is 91.9 Å². The fourth-order valence-corrected chi connectivity index (χ4v) is 3.19. The fourth-order valence-electron chi connectivity index (χ4n) is 3.19. The van der Waals surface area contributed by atoms with Crippen molar-refractivity contribution in [3.05, 3.63) is 53.5 Å². The van der Waals surface area contributed by atoms with Crippen molar-refractivity contribution in [2.45, 2.75) is 19.5 Å². The van der Waals surface area contributed by atoms with Crippen LogP contribution in [0.4, 0.5) is 0 Å². The number of methoxy groups -OCH3 is 1. The summed E-state index contributed by atoms with van der Waals surface area (Å²) in [6, 6.07) is 6.97. The van der Waals surface area contributed by atoms with Gasteiger partial charge in [0.2, 0.25) is 5.75 Å². The Labute approximate surface area is 150 Å². The van der Waals surface area contributed by atoms with Gasteiger partial charge >= 0.3 is 0 Å². The molecule has 4 rings (SSSR count). The molecule has 0 saturated carbocycles. The number of furan rings is 1. The van der Waals surface area contributed by atoms with Crippen LogP contribution in [0.15, 0.2) is 41.1 Å². The van der Waals surface area contributed by atoms with Gasteiger partial charge in [0.15, 0.2) is 23.1 Å². The van der Waals surface area contributed by atoms with E-state index in [1.807, 2.05) is 18.3 Å². The molecule has 1 aliphatic heterocycles. The van der Waals surface area contributed by atoms with E-state index < -0.39 is 0 Å². The van der Waals surface area contributed by atoms with Gasteiger partial charge in [-0.2, -0.15) is 0 Å². The minimum Gasteiger partial charge on any atom is -0.504 e. The predicted molar refractivity (Wildman–Crippen MR) is 93.9 cm³/mol. The highest BCUT2D eigenvalue weighted by molar-refractivity contribution is 5.52. The minimum absolute atomic E-state index is 0.178. The smallest absolute Gasteiger partial charge is 0.200 e. The highest BCUT2D eigenvalue weighted by atomic mass is 16.5. The second kappa shape index (κ2) is 6.68. The van der Waals surface area contributed by atoms with Gasteiger partial charge in [0, 0.05) is 37.8 Å². The van der Waals surface area contributed by atoms with Gasteiger partial charge in [-0.25, -0.2) is 9.97 Å². The SMILES string of the molecule is COc1cc(CN2CCc3nc(-c4ccco4)ncc3C2)cc(O)c1O. The zero-order valence-corrected chi connectivity index (χ0v) is 14.3. The summed E-state index contributed by atoms with van der Waals surface area (Å²) in [4.78, 5) is 11.3. The Balaban J connectivity index is 1.51. The van der Waals surface area contributed by atoms with Crippen LogP contribution in [-0.2, 0) is 19.5 Å². The lowest BCUT2D eigenvalue weighted by molar-refractivity contribution is 0.242. The number of ether oxygens (including phenoxy) is 1. The van der Waals surface area contributed by atoms with Gasteiger partial charge in [0.25, 0.3) is 0 Å². The lowest BCUT2D eigenvalue weighted by Crippen LogP contribution is -2.31. The normalized spacial score (nSPS) is 14.2. The number of benzene rings is 1. The third-order valence-electron chi connectivity index (χ3n) is 4.50. The van der Waals surface area contributed by atoms with Crippen LogP contribution in [0.5, 0.6) is 17.2 Å². The average Bonchev–Trinajstić information content (AvgIpc) is 3.19. The predicted octanol–water partition coefficient (Wildman–Crippen LogP) is 2.71. The van der Waals surface area contributed by atoms with Crippen LogP contribution < -0.4 is 4.74 Å². The molecular weight excluding hydrogens is 334 g/mol.